The van der Waals surface area contributed by atoms with Gasteiger partial charge >= 0.3 is 0 Å². The first-order valence-electron chi connectivity index (χ1n) is 8.34. The van der Waals surface area contributed by atoms with E-state index in [1.807, 2.05) is 37.3 Å². The normalized spacial score (nSPS) is 17.0. The first-order chi connectivity index (χ1) is 12.8. The van der Waals surface area contributed by atoms with Gasteiger partial charge in [0.15, 0.2) is 5.11 Å². The van der Waals surface area contributed by atoms with Gasteiger partial charge in [-0.2, -0.15) is 0 Å². The summed E-state index contributed by atoms with van der Waals surface area (Å²) in [4.78, 5) is 16.3. The highest BCUT2D eigenvalue weighted by molar-refractivity contribution is 9.10. The number of likely N-dealkylation sites (N-methyl/N-ethyl adjacent to an activating group) is 1. The fourth-order valence-electron chi connectivity index (χ4n) is 3.12. The van der Waals surface area contributed by atoms with Crippen molar-refractivity contribution in [1.82, 2.24) is 10.2 Å². The number of hydrogen-bond acceptors (Lipinski definition) is 2. The standard InChI is InChI=1S/C20H19BrFN3OS/c1-12-17(19(26)24(2)3)18(15-11-13(21)9-10-16(15)22)23-20(27)25(12)14-7-5-4-6-8-14/h4-11,18H,1-3H3,(H,23,27). The molecule has 0 fully saturated rings. The number of allylic oxidation sites excluding steroid dienone is 1. The summed E-state index contributed by atoms with van der Waals surface area (Å²) < 4.78 is 15.3. The van der Waals surface area contributed by atoms with Crippen molar-refractivity contribution in [3.8, 4) is 0 Å². The Balaban J connectivity index is 2.21. The minimum Gasteiger partial charge on any atom is -0.351 e. The van der Waals surface area contributed by atoms with Crippen LogP contribution >= 0.6 is 28.1 Å². The molecule has 0 saturated carbocycles. The fraction of sp³-hybridized carbons (Fsp3) is 0.200. The predicted molar refractivity (Wildman–Crippen MR) is 113 cm³/mol. The van der Waals surface area contributed by atoms with Crippen LogP contribution in [0.4, 0.5) is 10.1 Å². The molecule has 1 aliphatic heterocycles. The number of nitrogens with zero attached hydrogens (tertiary/aromatic N) is 2. The summed E-state index contributed by atoms with van der Waals surface area (Å²) in [7, 11) is 3.35. The van der Waals surface area contributed by atoms with Crippen molar-refractivity contribution in [2.75, 3.05) is 19.0 Å². The van der Waals surface area contributed by atoms with Crippen molar-refractivity contribution < 1.29 is 9.18 Å². The van der Waals surface area contributed by atoms with Crippen LogP contribution in [0.3, 0.4) is 0 Å². The molecule has 0 bridgehead atoms. The molecule has 0 aliphatic carbocycles. The molecule has 0 radical (unpaired) electrons. The van der Waals surface area contributed by atoms with Crippen LogP contribution in [0.2, 0.25) is 0 Å². The molecule has 140 valence electrons. The average molecular weight is 448 g/mol. The average Bonchev–Trinajstić information content (AvgIpc) is 2.63. The molecule has 0 spiro atoms. The summed E-state index contributed by atoms with van der Waals surface area (Å²) in [5.74, 6) is -0.601. The molecule has 1 heterocycles. The first-order valence-corrected chi connectivity index (χ1v) is 9.54. The van der Waals surface area contributed by atoms with E-state index >= 15 is 0 Å². The maximum Gasteiger partial charge on any atom is 0.253 e. The third-order valence-corrected chi connectivity index (χ3v) is 5.20. The first kappa shape index (κ1) is 19.5. The molecule has 1 aliphatic rings. The van der Waals surface area contributed by atoms with E-state index in [0.29, 0.717) is 21.9 Å². The van der Waals surface area contributed by atoms with E-state index in [-0.39, 0.29) is 5.91 Å². The van der Waals surface area contributed by atoms with Crippen molar-refractivity contribution >= 4 is 44.9 Å². The smallest absolute Gasteiger partial charge is 0.253 e. The number of amides is 1. The fourth-order valence-corrected chi connectivity index (χ4v) is 3.86. The Morgan fingerprint density at radius 1 is 1.22 bits per heavy atom. The Labute approximate surface area is 171 Å². The second-order valence-corrected chi connectivity index (χ2v) is 7.72. The maximum atomic E-state index is 14.6. The van der Waals surface area contributed by atoms with Gasteiger partial charge in [0.1, 0.15) is 5.82 Å². The van der Waals surface area contributed by atoms with Gasteiger partial charge in [0, 0.05) is 35.5 Å². The summed E-state index contributed by atoms with van der Waals surface area (Å²) in [6, 6.07) is 13.5. The Morgan fingerprint density at radius 3 is 2.52 bits per heavy atom. The van der Waals surface area contributed by atoms with Gasteiger partial charge in [-0.25, -0.2) is 4.39 Å². The third kappa shape index (κ3) is 3.75. The van der Waals surface area contributed by atoms with Gasteiger partial charge in [-0.1, -0.05) is 34.1 Å². The van der Waals surface area contributed by atoms with Crippen molar-refractivity contribution in [2.45, 2.75) is 13.0 Å². The summed E-state index contributed by atoms with van der Waals surface area (Å²) in [6.45, 7) is 1.83. The van der Waals surface area contributed by atoms with Gasteiger partial charge < -0.3 is 10.2 Å². The number of para-hydroxylation sites is 1. The van der Waals surface area contributed by atoms with E-state index in [9.17, 15) is 9.18 Å². The largest absolute Gasteiger partial charge is 0.351 e. The summed E-state index contributed by atoms with van der Waals surface area (Å²) in [6.07, 6.45) is 0. The topological polar surface area (TPSA) is 35.6 Å². The van der Waals surface area contributed by atoms with Crippen LogP contribution in [0.25, 0.3) is 0 Å². The van der Waals surface area contributed by atoms with Crippen LogP contribution in [0.1, 0.15) is 18.5 Å². The summed E-state index contributed by atoms with van der Waals surface area (Å²) in [5.41, 5.74) is 2.33. The molecule has 2 aromatic rings. The minimum absolute atomic E-state index is 0.201. The van der Waals surface area contributed by atoms with Crippen LogP contribution < -0.4 is 10.2 Å². The lowest BCUT2D eigenvalue weighted by molar-refractivity contribution is -0.125. The number of nitrogens with one attached hydrogen (secondary N) is 1. The van der Waals surface area contributed by atoms with Gasteiger partial charge in [-0.05, 0) is 49.5 Å². The molecule has 7 heteroatoms. The number of carbonyl (C=O) groups excluding carboxylic acids is 1. The van der Waals surface area contributed by atoms with Crippen molar-refractivity contribution in [3.05, 3.63) is 75.7 Å². The van der Waals surface area contributed by atoms with Gasteiger partial charge in [-0.3, -0.25) is 9.69 Å². The Kier molecular flexibility index (Phi) is 5.62. The van der Waals surface area contributed by atoms with Crippen LogP contribution in [0.5, 0.6) is 0 Å². The van der Waals surface area contributed by atoms with E-state index in [4.69, 9.17) is 12.2 Å². The molecule has 2 aromatic carbocycles. The number of benzene rings is 2. The van der Waals surface area contributed by atoms with E-state index < -0.39 is 11.9 Å². The molecule has 0 aromatic heterocycles. The highest BCUT2D eigenvalue weighted by Gasteiger charge is 2.36. The molecule has 0 saturated heterocycles. The van der Waals surface area contributed by atoms with Crippen molar-refractivity contribution in [2.24, 2.45) is 0 Å². The van der Waals surface area contributed by atoms with Gasteiger partial charge in [-0.15, -0.1) is 0 Å². The predicted octanol–water partition coefficient (Wildman–Crippen LogP) is 4.39. The molecule has 1 unspecified atom stereocenters. The highest BCUT2D eigenvalue weighted by Crippen LogP contribution is 2.36. The molecule has 3 rings (SSSR count). The molecular formula is C20H19BrFN3OS. The van der Waals surface area contributed by atoms with Gasteiger partial charge in [0.25, 0.3) is 5.91 Å². The number of thiocarbonyl (C=S) groups is 1. The number of halogens is 2. The molecule has 4 nitrogen and oxygen atoms in total. The van der Waals surface area contributed by atoms with Gasteiger partial charge in [0.05, 0.1) is 11.6 Å². The highest BCUT2D eigenvalue weighted by atomic mass is 79.9. The summed E-state index contributed by atoms with van der Waals surface area (Å²) in [5, 5.41) is 3.57. The number of hydrogen-bond donors (Lipinski definition) is 1. The summed E-state index contributed by atoms with van der Waals surface area (Å²) >= 11 is 8.94. The van der Waals surface area contributed by atoms with E-state index in [2.05, 4.69) is 21.2 Å². The number of rotatable bonds is 3. The molecule has 1 atom stereocenters. The minimum atomic E-state index is -0.676. The Morgan fingerprint density at radius 2 is 1.89 bits per heavy atom. The monoisotopic (exact) mass is 447 g/mol. The van der Waals surface area contributed by atoms with Gasteiger partial charge in [0.2, 0.25) is 0 Å². The lowest BCUT2D eigenvalue weighted by atomic mass is 9.93. The second-order valence-electron chi connectivity index (χ2n) is 6.42. The third-order valence-electron chi connectivity index (χ3n) is 4.40. The van der Waals surface area contributed by atoms with Crippen LogP contribution in [0, 0.1) is 5.82 Å². The van der Waals surface area contributed by atoms with Crippen LogP contribution in [-0.2, 0) is 4.79 Å². The molecule has 1 amide bonds. The Bertz CT molecular complexity index is 930. The quantitative estimate of drug-likeness (QED) is 0.707. The molecular weight excluding hydrogens is 429 g/mol. The maximum absolute atomic E-state index is 14.6. The molecule has 27 heavy (non-hydrogen) atoms. The van der Waals surface area contributed by atoms with Crippen molar-refractivity contribution in [3.63, 3.8) is 0 Å². The zero-order valence-electron chi connectivity index (χ0n) is 15.2. The van der Waals surface area contributed by atoms with Crippen LogP contribution in [0.15, 0.2) is 64.3 Å². The lowest BCUT2D eigenvalue weighted by Crippen LogP contribution is -2.49. The Hall–Kier alpha value is -2.25. The zero-order chi connectivity index (χ0) is 19.7. The molecule has 1 N–H and O–H groups in total. The van der Waals surface area contributed by atoms with E-state index in [0.717, 1.165) is 10.2 Å². The van der Waals surface area contributed by atoms with Crippen molar-refractivity contribution in [1.29, 1.82) is 0 Å². The van der Waals surface area contributed by atoms with E-state index in [1.54, 1.807) is 31.1 Å². The lowest BCUT2D eigenvalue weighted by Gasteiger charge is -2.38. The zero-order valence-corrected chi connectivity index (χ0v) is 17.6. The number of anilines is 1. The second kappa shape index (κ2) is 7.78. The van der Waals surface area contributed by atoms with Crippen LogP contribution in [-0.4, -0.2) is 30.0 Å². The van der Waals surface area contributed by atoms with E-state index in [1.165, 1.54) is 11.0 Å². The number of carbonyl (C=O) groups is 1. The SMILES string of the molecule is CC1=C(C(=O)N(C)C)C(c2cc(Br)ccc2F)NC(=S)N1c1ccccc1.